The second-order valence-electron chi connectivity index (χ2n) is 9.76. The van der Waals surface area contributed by atoms with Crippen molar-refractivity contribution < 1.29 is 14.3 Å². The fourth-order valence-electron chi connectivity index (χ4n) is 5.65. The summed E-state index contributed by atoms with van der Waals surface area (Å²) in [5.74, 6) is -0.339. The van der Waals surface area contributed by atoms with E-state index in [4.69, 9.17) is 10.00 Å². The van der Waals surface area contributed by atoms with Gasteiger partial charge in [-0.25, -0.2) is 4.52 Å². The summed E-state index contributed by atoms with van der Waals surface area (Å²) >= 11 is 0. The van der Waals surface area contributed by atoms with Crippen LogP contribution in [0.15, 0.2) is 36.7 Å². The topological polar surface area (TPSA) is 121 Å². The van der Waals surface area contributed by atoms with Crippen molar-refractivity contribution in [2.24, 2.45) is 5.41 Å². The summed E-state index contributed by atoms with van der Waals surface area (Å²) < 4.78 is 6.68. The summed E-state index contributed by atoms with van der Waals surface area (Å²) in [4.78, 5) is 29.2. The Morgan fingerprint density at radius 2 is 1.89 bits per heavy atom. The van der Waals surface area contributed by atoms with Gasteiger partial charge in [0.15, 0.2) is 0 Å². The van der Waals surface area contributed by atoms with Crippen LogP contribution in [0.1, 0.15) is 60.9 Å². The van der Waals surface area contributed by atoms with Crippen LogP contribution in [0.4, 0.5) is 5.69 Å². The average Bonchev–Trinajstić information content (AvgIpc) is 3.32. The molecule has 3 aromatic heterocycles. The first-order chi connectivity index (χ1) is 16.9. The van der Waals surface area contributed by atoms with E-state index < -0.39 is 0 Å². The number of rotatable bonds is 6. The number of nitriles is 1. The number of amides is 1. The summed E-state index contributed by atoms with van der Waals surface area (Å²) in [6.07, 6.45) is 9.26. The predicted octanol–water partition coefficient (Wildman–Crippen LogP) is 3.70. The van der Waals surface area contributed by atoms with Gasteiger partial charge in [0.2, 0.25) is 0 Å². The van der Waals surface area contributed by atoms with E-state index in [0.717, 1.165) is 55.4 Å². The normalized spacial score (nSPS) is 23.0. The van der Waals surface area contributed by atoms with E-state index in [0.29, 0.717) is 23.2 Å². The molecule has 2 bridgehead atoms. The van der Waals surface area contributed by atoms with E-state index in [-0.39, 0.29) is 22.8 Å². The third-order valence-corrected chi connectivity index (χ3v) is 7.82. The number of aromatic nitrogens is 3. The summed E-state index contributed by atoms with van der Waals surface area (Å²) in [6.45, 7) is 0. The molecule has 3 saturated carbocycles. The minimum atomic E-state index is -0.202. The largest absolute Gasteiger partial charge is 0.469 e. The molecule has 0 atom stereocenters. The van der Waals surface area contributed by atoms with Crippen LogP contribution in [0.5, 0.6) is 0 Å². The van der Waals surface area contributed by atoms with Gasteiger partial charge < -0.3 is 15.4 Å². The van der Waals surface area contributed by atoms with Crippen LogP contribution in [0.3, 0.4) is 0 Å². The average molecular weight is 473 g/mol. The molecule has 9 heteroatoms. The molecule has 0 saturated heterocycles. The van der Waals surface area contributed by atoms with Crippen molar-refractivity contribution in [2.45, 2.75) is 50.5 Å². The molecule has 0 aliphatic heterocycles. The SMILES string of the molecule is CNC(=O)c1cnc(-c2ccc3cc(C#N)cnn23)cc1NC12CCC(CC(=O)OC)(CC1)CC2. The van der Waals surface area contributed by atoms with Gasteiger partial charge in [0.05, 0.1) is 53.4 Å². The van der Waals surface area contributed by atoms with Gasteiger partial charge in [0.1, 0.15) is 6.07 Å². The van der Waals surface area contributed by atoms with Crippen molar-refractivity contribution in [3.63, 3.8) is 0 Å². The highest BCUT2D eigenvalue weighted by molar-refractivity contribution is 5.99. The summed E-state index contributed by atoms with van der Waals surface area (Å²) in [6, 6.07) is 9.60. The first kappa shape index (κ1) is 22.8. The van der Waals surface area contributed by atoms with Crippen LogP contribution in [-0.2, 0) is 9.53 Å². The van der Waals surface area contributed by atoms with Gasteiger partial charge in [-0.15, -0.1) is 0 Å². The Hall–Kier alpha value is -3.93. The number of esters is 1. The first-order valence-corrected chi connectivity index (χ1v) is 11.9. The lowest BCUT2D eigenvalue weighted by Gasteiger charge is -2.54. The zero-order valence-electron chi connectivity index (χ0n) is 19.9. The molecule has 1 amide bonds. The fourth-order valence-corrected chi connectivity index (χ4v) is 5.65. The van der Waals surface area contributed by atoms with Crippen LogP contribution < -0.4 is 10.6 Å². The summed E-state index contributed by atoms with van der Waals surface area (Å²) in [5, 5.41) is 20.0. The first-order valence-electron chi connectivity index (χ1n) is 11.9. The maximum atomic E-state index is 12.7. The zero-order chi connectivity index (χ0) is 24.6. The molecule has 3 aliphatic rings. The molecular formula is C26H28N6O3. The number of ether oxygens (including phenoxy) is 1. The Morgan fingerprint density at radius 3 is 2.54 bits per heavy atom. The quantitative estimate of drug-likeness (QED) is 0.525. The van der Waals surface area contributed by atoms with Gasteiger partial charge >= 0.3 is 5.97 Å². The molecule has 0 spiro atoms. The van der Waals surface area contributed by atoms with E-state index in [9.17, 15) is 9.59 Å². The van der Waals surface area contributed by atoms with Crippen LogP contribution in [0.25, 0.3) is 16.9 Å². The van der Waals surface area contributed by atoms with E-state index in [2.05, 4.69) is 26.8 Å². The maximum absolute atomic E-state index is 12.7. The highest BCUT2D eigenvalue weighted by Crippen LogP contribution is 2.55. The molecule has 3 heterocycles. The molecule has 3 fully saturated rings. The smallest absolute Gasteiger partial charge is 0.306 e. The number of nitrogens with zero attached hydrogens (tertiary/aromatic N) is 4. The number of carbonyl (C=O) groups excluding carboxylic acids is 2. The maximum Gasteiger partial charge on any atom is 0.306 e. The molecule has 35 heavy (non-hydrogen) atoms. The lowest BCUT2D eigenvalue weighted by atomic mass is 9.56. The number of pyridine rings is 1. The van der Waals surface area contributed by atoms with Gasteiger partial charge in [0.25, 0.3) is 5.91 Å². The fraction of sp³-hybridized carbons (Fsp3) is 0.423. The highest BCUT2D eigenvalue weighted by atomic mass is 16.5. The van der Waals surface area contributed by atoms with Crippen molar-refractivity contribution in [2.75, 3.05) is 19.5 Å². The lowest BCUT2D eigenvalue weighted by Crippen LogP contribution is -2.51. The molecule has 3 aromatic rings. The van der Waals surface area contributed by atoms with Gasteiger partial charge in [-0.3, -0.25) is 14.6 Å². The third kappa shape index (κ3) is 4.09. The third-order valence-electron chi connectivity index (χ3n) is 7.82. The second kappa shape index (κ2) is 8.69. The second-order valence-corrected chi connectivity index (χ2v) is 9.76. The number of methoxy groups -OCH3 is 1. The Bertz CT molecular complexity index is 1330. The number of anilines is 1. The standard InChI is InChI=1S/C26H28N6O3/c1-28-24(34)19-16-29-21(22-4-3-18-11-17(14-27)15-30-32(18)22)12-20(19)31-26-8-5-25(6-9-26,7-10-26)13-23(33)35-2/h3-4,11-12,15-16H,5-10,13H2,1-2H3,(H,28,34)(H,29,31). The van der Waals surface area contributed by atoms with E-state index in [1.807, 2.05) is 18.2 Å². The lowest BCUT2D eigenvalue weighted by molar-refractivity contribution is -0.145. The number of fused-ring (bicyclic) bond motifs is 4. The molecule has 0 unspecified atom stereocenters. The van der Waals surface area contributed by atoms with Crippen LogP contribution >= 0.6 is 0 Å². The van der Waals surface area contributed by atoms with Crippen LogP contribution in [0.2, 0.25) is 0 Å². The summed E-state index contributed by atoms with van der Waals surface area (Å²) in [7, 11) is 3.06. The van der Waals surface area contributed by atoms with Gasteiger partial charge in [-0.2, -0.15) is 10.4 Å². The van der Waals surface area contributed by atoms with Crippen molar-refractivity contribution in [3.8, 4) is 17.5 Å². The molecule has 0 radical (unpaired) electrons. The number of nitrogens with one attached hydrogen (secondary N) is 2. The number of hydrogen-bond acceptors (Lipinski definition) is 7. The van der Waals surface area contributed by atoms with Crippen molar-refractivity contribution >= 4 is 23.1 Å². The Balaban J connectivity index is 1.46. The zero-order valence-corrected chi connectivity index (χ0v) is 19.9. The molecule has 9 nitrogen and oxygen atoms in total. The Morgan fingerprint density at radius 1 is 1.14 bits per heavy atom. The minimum Gasteiger partial charge on any atom is -0.469 e. The summed E-state index contributed by atoms with van der Waals surface area (Å²) in [5.41, 5.74) is 3.88. The van der Waals surface area contributed by atoms with Gasteiger partial charge in [-0.1, -0.05) is 0 Å². The molecule has 6 rings (SSSR count). The van der Waals surface area contributed by atoms with Crippen molar-refractivity contribution in [3.05, 3.63) is 47.8 Å². The molecule has 2 N–H and O–H groups in total. The molecule has 0 aromatic carbocycles. The van der Waals surface area contributed by atoms with E-state index >= 15 is 0 Å². The van der Waals surface area contributed by atoms with Crippen molar-refractivity contribution in [1.82, 2.24) is 19.9 Å². The molecular weight excluding hydrogens is 444 g/mol. The Kier molecular flexibility index (Phi) is 5.67. The Labute approximate surface area is 203 Å². The van der Waals surface area contributed by atoms with E-state index in [1.54, 1.807) is 23.8 Å². The van der Waals surface area contributed by atoms with Crippen LogP contribution in [-0.4, -0.2) is 46.2 Å². The minimum absolute atomic E-state index is 0.0301. The number of carbonyl (C=O) groups is 2. The van der Waals surface area contributed by atoms with Gasteiger partial charge in [0, 0.05) is 18.8 Å². The predicted molar refractivity (Wildman–Crippen MR) is 130 cm³/mol. The molecule has 180 valence electrons. The number of hydrogen-bond donors (Lipinski definition) is 2. The molecule has 3 aliphatic carbocycles. The van der Waals surface area contributed by atoms with Crippen molar-refractivity contribution in [1.29, 1.82) is 5.26 Å². The highest BCUT2D eigenvalue weighted by Gasteiger charge is 2.49. The van der Waals surface area contributed by atoms with Gasteiger partial charge in [-0.05, 0) is 68.2 Å². The van der Waals surface area contributed by atoms with Crippen LogP contribution in [0, 0.1) is 16.7 Å². The van der Waals surface area contributed by atoms with E-state index in [1.165, 1.54) is 13.3 Å². The monoisotopic (exact) mass is 472 g/mol.